The number of rotatable bonds is 2. The highest BCUT2D eigenvalue weighted by molar-refractivity contribution is 5.95. The lowest BCUT2D eigenvalue weighted by Gasteiger charge is -2.04. The van der Waals surface area contributed by atoms with Gasteiger partial charge in [-0.2, -0.15) is 0 Å². The maximum absolute atomic E-state index is 13.1. The third-order valence-corrected chi connectivity index (χ3v) is 2.88. The molecule has 0 aliphatic heterocycles. The van der Waals surface area contributed by atoms with Crippen LogP contribution in [0.1, 0.15) is 23.3 Å². The molecule has 1 heterocycles. The van der Waals surface area contributed by atoms with Crippen molar-refractivity contribution >= 4 is 16.8 Å². The van der Waals surface area contributed by atoms with Crippen LogP contribution in [0.5, 0.6) is 0 Å². The van der Waals surface area contributed by atoms with E-state index in [9.17, 15) is 13.6 Å². The zero-order chi connectivity index (χ0) is 12.7. The molecule has 1 N–H and O–H groups in total. The van der Waals surface area contributed by atoms with Crippen LogP contribution in [-0.4, -0.2) is 16.9 Å². The topological polar surface area (TPSA) is 42.0 Å². The Morgan fingerprint density at radius 1 is 1.22 bits per heavy atom. The van der Waals surface area contributed by atoms with Gasteiger partial charge in [0.15, 0.2) is 11.6 Å². The summed E-state index contributed by atoms with van der Waals surface area (Å²) in [5, 5.41) is 3.26. The van der Waals surface area contributed by atoms with E-state index in [1.807, 2.05) is 0 Å². The van der Waals surface area contributed by atoms with E-state index < -0.39 is 11.6 Å². The van der Waals surface area contributed by atoms with E-state index in [1.165, 1.54) is 6.07 Å². The van der Waals surface area contributed by atoms with Gasteiger partial charge in [0.25, 0.3) is 5.91 Å². The van der Waals surface area contributed by atoms with E-state index in [1.54, 1.807) is 6.07 Å². The molecule has 3 nitrogen and oxygen atoms in total. The van der Waals surface area contributed by atoms with Crippen LogP contribution < -0.4 is 5.32 Å². The predicted octanol–water partition coefficient (Wildman–Crippen LogP) is 2.41. The first-order valence-corrected chi connectivity index (χ1v) is 5.70. The minimum atomic E-state index is -0.963. The van der Waals surface area contributed by atoms with E-state index >= 15 is 0 Å². The molecule has 0 saturated heterocycles. The summed E-state index contributed by atoms with van der Waals surface area (Å²) in [7, 11) is 0. The summed E-state index contributed by atoms with van der Waals surface area (Å²) in [4.78, 5) is 15.8. The minimum absolute atomic E-state index is 0.223. The molecule has 2 aromatic rings. The first kappa shape index (κ1) is 11.1. The van der Waals surface area contributed by atoms with Crippen LogP contribution in [0.2, 0.25) is 0 Å². The summed E-state index contributed by atoms with van der Waals surface area (Å²) >= 11 is 0. The van der Waals surface area contributed by atoms with Crippen LogP contribution in [0.15, 0.2) is 24.3 Å². The average Bonchev–Trinajstić information content (AvgIpc) is 3.14. The summed E-state index contributed by atoms with van der Waals surface area (Å²) in [5.41, 5.74) is 0.498. The van der Waals surface area contributed by atoms with Gasteiger partial charge in [0.2, 0.25) is 0 Å². The van der Waals surface area contributed by atoms with Gasteiger partial charge < -0.3 is 5.32 Å². The third kappa shape index (κ3) is 2.03. The molecular weight excluding hydrogens is 238 g/mol. The average molecular weight is 248 g/mol. The zero-order valence-electron chi connectivity index (χ0n) is 9.41. The van der Waals surface area contributed by atoms with Crippen molar-refractivity contribution in [2.45, 2.75) is 18.9 Å². The first-order chi connectivity index (χ1) is 8.63. The number of amides is 1. The summed E-state index contributed by atoms with van der Waals surface area (Å²) in [6.07, 6.45) is 1.97. The Bertz CT molecular complexity index is 638. The van der Waals surface area contributed by atoms with E-state index in [0.29, 0.717) is 5.39 Å². The Labute approximate surface area is 102 Å². The van der Waals surface area contributed by atoms with Gasteiger partial charge in [-0.1, -0.05) is 6.07 Å². The first-order valence-electron chi connectivity index (χ1n) is 5.70. The molecule has 1 aliphatic carbocycles. The Morgan fingerprint density at radius 3 is 2.67 bits per heavy atom. The lowest BCUT2D eigenvalue weighted by atomic mass is 10.2. The quantitative estimate of drug-likeness (QED) is 0.886. The number of pyridine rings is 1. The van der Waals surface area contributed by atoms with Gasteiger partial charge in [-0.15, -0.1) is 0 Å². The molecule has 0 atom stereocenters. The number of fused-ring (bicyclic) bond motifs is 1. The number of hydrogen-bond acceptors (Lipinski definition) is 2. The third-order valence-electron chi connectivity index (χ3n) is 2.88. The van der Waals surface area contributed by atoms with Crippen molar-refractivity contribution in [1.82, 2.24) is 10.3 Å². The minimum Gasteiger partial charge on any atom is -0.348 e. The lowest BCUT2D eigenvalue weighted by Crippen LogP contribution is -2.26. The second-order valence-corrected chi connectivity index (χ2v) is 4.40. The van der Waals surface area contributed by atoms with Crippen molar-refractivity contribution in [2.24, 2.45) is 0 Å². The van der Waals surface area contributed by atoms with Crippen LogP contribution in [0.3, 0.4) is 0 Å². The maximum atomic E-state index is 13.1. The highest BCUT2D eigenvalue weighted by Crippen LogP contribution is 2.20. The van der Waals surface area contributed by atoms with E-state index in [4.69, 9.17) is 0 Å². The molecule has 0 bridgehead atoms. The molecule has 0 radical (unpaired) electrons. The van der Waals surface area contributed by atoms with Crippen molar-refractivity contribution in [3.8, 4) is 0 Å². The van der Waals surface area contributed by atoms with Gasteiger partial charge in [-0.05, 0) is 25.0 Å². The molecule has 18 heavy (non-hydrogen) atoms. The molecule has 1 aliphatic rings. The standard InChI is InChI=1S/C13H10F2N2O/c14-9-5-7-1-4-11(13(18)16-8-2-3-8)17-12(7)6-10(9)15/h1,4-6,8H,2-3H2,(H,16,18). The van der Waals surface area contributed by atoms with Gasteiger partial charge in [0, 0.05) is 17.5 Å². The molecule has 1 fully saturated rings. The number of halogens is 2. The van der Waals surface area contributed by atoms with Crippen LogP contribution in [-0.2, 0) is 0 Å². The number of nitrogens with one attached hydrogen (secondary N) is 1. The number of carbonyl (C=O) groups excluding carboxylic acids is 1. The summed E-state index contributed by atoms with van der Waals surface area (Å²) < 4.78 is 26.1. The monoisotopic (exact) mass is 248 g/mol. The fraction of sp³-hybridized carbons (Fsp3) is 0.231. The fourth-order valence-corrected chi connectivity index (χ4v) is 1.73. The molecular formula is C13H10F2N2O. The van der Waals surface area contributed by atoms with Crippen LogP contribution in [0.25, 0.3) is 10.9 Å². The summed E-state index contributed by atoms with van der Waals surface area (Å²) in [5.74, 6) is -2.15. The second-order valence-electron chi connectivity index (χ2n) is 4.40. The number of nitrogens with zero attached hydrogens (tertiary/aromatic N) is 1. The van der Waals surface area contributed by atoms with Gasteiger partial charge in [0.05, 0.1) is 5.52 Å². The molecule has 3 rings (SSSR count). The summed E-state index contributed by atoms with van der Waals surface area (Å²) in [6.45, 7) is 0. The molecule has 1 aromatic carbocycles. The number of hydrogen-bond donors (Lipinski definition) is 1. The smallest absolute Gasteiger partial charge is 0.270 e. The van der Waals surface area contributed by atoms with Crippen molar-refractivity contribution in [1.29, 1.82) is 0 Å². The lowest BCUT2D eigenvalue weighted by molar-refractivity contribution is 0.0946. The van der Waals surface area contributed by atoms with Crippen LogP contribution in [0.4, 0.5) is 8.78 Å². The number of benzene rings is 1. The molecule has 5 heteroatoms. The van der Waals surface area contributed by atoms with E-state index in [0.717, 1.165) is 25.0 Å². The molecule has 92 valence electrons. The normalized spacial score (nSPS) is 14.8. The van der Waals surface area contributed by atoms with Crippen molar-refractivity contribution in [3.05, 3.63) is 41.6 Å². The Morgan fingerprint density at radius 2 is 1.94 bits per heavy atom. The Kier molecular flexibility index (Phi) is 2.47. The van der Waals surface area contributed by atoms with E-state index in [2.05, 4.69) is 10.3 Å². The highest BCUT2D eigenvalue weighted by atomic mass is 19.2. The molecule has 1 amide bonds. The molecule has 0 spiro atoms. The molecule has 0 unspecified atom stereocenters. The van der Waals surface area contributed by atoms with E-state index in [-0.39, 0.29) is 23.2 Å². The Balaban J connectivity index is 1.99. The number of aromatic nitrogens is 1. The largest absolute Gasteiger partial charge is 0.348 e. The second kappa shape index (κ2) is 4.01. The van der Waals surface area contributed by atoms with Gasteiger partial charge in [0.1, 0.15) is 5.69 Å². The van der Waals surface area contributed by atoms with Crippen LogP contribution in [0, 0.1) is 11.6 Å². The van der Waals surface area contributed by atoms with Gasteiger partial charge in [-0.3, -0.25) is 4.79 Å². The van der Waals surface area contributed by atoms with Gasteiger partial charge >= 0.3 is 0 Å². The van der Waals surface area contributed by atoms with Crippen molar-refractivity contribution in [3.63, 3.8) is 0 Å². The fourth-order valence-electron chi connectivity index (χ4n) is 1.73. The van der Waals surface area contributed by atoms with Crippen LogP contribution >= 0.6 is 0 Å². The molecule has 1 saturated carbocycles. The highest BCUT2D eigenvalue weighted by Gasteiger charge is 2.24. The van der Waals surface area contributed by atoms with Gasteiger partial charge in [-0.25, -0.2) is 13.8 Å². The maximum Gasteiger partial charge on any atom is 0.270 e. The predicted molar refractivity (Wildman–Crippen MR) is 62.1 cm³/mol. The number of carbonyl (C=O) groups is 1. The SMILES string of the molecule is O=C(NC1CC1)c1ccc2cc(F)c(F)cc2n1. The van der Waals surface area contributed by atoms with Crippen molar-refractivity contribution < 1.29 is 13.6 Å². The Hall–Kier alpha value is -2.04. The summed E-state index contributed by atoms with van der Waals surface area (Å²) in [6, 6.07) is 5.38. The zero-order valence-corrected chi connectivity index (χ0v) is 9.41. The van der Waals surface area contributed by atoms with Crippen molar-refractivity contribution in [2.75, 3.05) is 0 Å². The molecule has 1 aromatic heterocycles.